The number of hydrogen-bond acceptors (Lipinski definition) is 6. The van der Waals surface area contributed by atoms with Crippen LogP contribution in [0.4, 0.5) is 0 Å². The van der Waals surface area contributed by atoms with Gasteiger partial charge in [0.1, 0.15) is 0 Å². The number of rotatable bonds is 1. The van der Waals surface area contributed by atoms with Gasteiger partial charge in [-0.05, 0) is 0 Å². The van der Waals surface area contributed by atoms with Gasteiger partial charge in [-0.3, -0.25) is 19.2 Å². The molecule has 0 rings (SSSR count). The van der Waals surface area contributed by atoms with Crippen LogP contribution in [0.25, 0.3) is 0 Å². The molecule has 0 amide bonds. The quantitative estimate of drug-likeness (QED) is 0.279. The third-order valence-electron chi connectivity index (χ3n) is 0.167. The standard InChI is InChI=1S/C2H8N2.4C2H4O2.In.3H/c3-1-2-4;4*1-2(3)4;;;;/h1-4H2;4*1H3,(H,3,4);;;;. The van der Waals surface area contributed by atoms with Gasteiger partial charge in [0, 0.05) is 40.8 Å². The molecule has 0 saturated carbocycles. The number of aliphatic carboxylic acids is 4. The maximum atomic E-state index is 9.00. The van der Waals surface area contributed by atoms with Gasteiger partial charge in [0.25, 0.3) is 23.9 Å². The summed E-state index contributed by atoms with van der Waals surface area (Å²) >= 11 is 0. The van der Waals surface area contributed by atoms with Gasteiger partial charge in [0.2, 0.25) is 0 Å². The van der Waals surface area contributed by atoms with Crippen LogP contribution < -0.4 is 11.5 Å². The number of carboxylic acid groups (broad SMARTS) is 4. The molecule has 0 aromatic carbocycles. The molecule has 0 heterocycles. The van der Waals surface area contributed by atoms with E-state index in [0.29, 0.717) is 13.1 Å². The molecular formula is C10H27InN2O8. The fourth-order valence-electron chi connectivity index (χ4n) is 0. The second-order valence-corrected chi connectivity index (χ2v) is 2.65. The first-order chi connectivity index (χ1) is 8.84. The van der Waals surface area contributed by atoms with E-state index in [1.54, 1.807) is 0 Å². The molecule has 0 fully saturated rings. The van der Waals surface area contributed by atoms with Gasteiger partial charge < -0.3 is 31.9 Å². The van der Waals surface area contributed by atoms with E-state index in [-0.39, 0.29) is 25.8 Å². The number of nitrogens with two attached hydrogens (primary N) is 2. The summed E-state index contributed by atoms with van der Waals surface area (Å²) in [5.41, 5.74) is 9.81. The molecule has 0 aliphatic heterocycles. The van der Waals surface area contributed by atoms with Gasteiger partial charge in [-0.1, -0.05) is 0 Å². The molecule has 11 heteroatoms. The van der Waals surface area contributed by atoms with Crippen molar-refractivity contribution >= 4 is 49.7 Å². The van der Waals surface area contributed by atoms with Crippen molar-refractivity contribution in [3.05, 3.63) is 0 Å². The van der Waals surface area contributed by atoms with Crippen molar-refractivity contribution in [2.45, 2.75) is 27.7 Å². The van der Waals surface area contributed by atoms with Gasteiger partial charge >= 0.3 is 25.8 Å². The Balaban J connectivity index is -0.0000000331. The fourth-order valence-corrected chi connectivity index (χ4v) is 0. The Morgan fingerprint density at radius 1 is 0.619 bits per heavy atom. The normalized spacial score (nSPS) is 6.19. The van der Waals surface area contributed by atoms with Gasteiger partial charge in [0.15, 0.2) is 0 Å². The molecular weight excluding hydrogens is 391 g/mol. The molecule has 0 aromatic heterocycles. The van der Waals surface area contributed by atoms with E-state index in [0.717, 1.165) is 27.7 Å². The van der Waals surface area contributed by atoms with Crippen molar-refractivity contribution in [1.29, 1.82) is 0 Å². The molecule has 0 aliphatic rings. The van der Waals surface area contributed by atoms with Gasteiger partial charge in [-0.15, -0.1) is 0 Å². The predicted molar refractivity (Wildman–Crippen MR) is 81.3 cm³/mol. The fraction of sp³-hybridized carbons (Fsp3) is 0.600. The van der Waals surface area contributed by atoms with Gasteiger partial charge in [0.05, 0.1) is 0 Å². The Morgan fingerprint density at radius 2 is 0.667 bits per heavy atom. The third kappa shape index (κ3) is 47700. The molecule has 21 heavy (non-hydrogen) atoms. The van der Waals surface area contributed by atoms with Crippen LogP contribution in [0.3, 0.4) is 0 Å². The van der Waals surface area contributed by atoms with Crippen LogP contribution in [0.1, 0.15) is 27.7 Å². The molecule has 128 valence electrons. The van der Waals surface area contributed by atoms with Gasteiger partial charge in [-0.25, -0.2) is 0 Å². The monoisotopic (exact) mass is 418 g/mol. The van der Waals surface area contributed by atoms with Crippen molar-refractivity contribution in [1.82, 2.24) is 0 Å². The second-order valence-electron chi connectivity index (χ2n) is 2.65. The molecule has 0 unspecified atom stereocenters. The Morgan fingerprint density at radius 3 is 0.667 bits per heavy atom. The van der Waals surface area contributed by atoms with Crippen molar-refractivity contribution in [3.63, 3.8) is 0 Å². The summed E-state index contributed by atoms with van der Waals surface area (Å²) in [4.78, 5) is 36.0. The van der Waals surface area contributed by atoms with Crippen LogP contribution in [0.5, 0.6) is 0 Å². The summed E-state index contributed by atoms with van der Waals surface area (Å²) < 4.78 is 0. The predicted octanol–water partition coefficient (Wildman–Crippen LogP) is -1.92. The van der Waals surface area contributed by atoms with Crippen LogP contribution in [-0.4, -0.2) is 83.2 Å². The summed E-state index contributed by atoms with van der Waals surface area (Å²) in [6, 6.07) is 0. The first-order valence-corrected chi connectivity index (χ1v) is 5.03. The molecule has 0 bridgehead atoms. The minimum atomic E-state index is -0.833. The Kier molecular flexibility index (Phi) is 63.4. The molecule has 0 saturated heterocycles. The molecule has 0 aliphatic carbocycles. The first kappa shape index (κ1) is 36.7. The number of carboxylic acids is 4. The molecule has 10 nitrogen and oxygen atoms in total. The van der Waals surface area contributed by atoms with Crippen molar-refractivity contribution in [2.24, 2.45) is 11.5 Å². The van der Waals surface area contributed by atoms with E-state index < -0.39 is 23.9 Å². The van der Waals surface area contributed by atoms with Crippen LogP contribution in [0, 0.1) is 0 Å². The topological polar surface area (TPSA) is 201 Å². The zero-order valence-electron chi connectivity index (χ0n) is 12.0. The molecule has 0 atom stereocenters. The second kappa shape index (κ2) is 36.3. The van der Waals surface area contributed by atoms with Crippen molar-refractivity contribution < 1.29 is 39.6 Å². The summed E-state index contributed by atoms with van der Waals surface area (Å²) in [5, 5.41) is 29.7. The third-order valence-corrected chi connectivity index (χ3v) is 0.167. The summed E-state index contributed by atoms with van der Waals surface area (Å²) in [6.07, 6.45) is 0. The molecule has 0 aromatic rings. The summed E-state index contributed by atoms with van der Waals surface area (Å²) in [7, 11) is 0. The van der Waals surface area contributed by atoms with Crippen LogP contribution in [0.2, 0.25) is 0 Å². The average molecular weight is 418 g/mol. The minimum absolute atomic E-state index is 0. The summed E-state index contributed by atoms with van der Waals surface area (Å²) in [6.45, 7) is 5.53. The number of hydrogen-bond donors (Lipinski definition) is 6. The van der Waals surface area contributed by atoms with E-state index in [9.17, 15) is 0 Å². The van der Waals surface area contributed by atoms with Crippen LogP contribution in [-0.2, 0) is 19.2 Å². The Labute approximate surface area is 141 Å². The molecule has 0 spiro atoms. The van der Waals surface area contributed by atoms with E-state index in [1.165, 1.54) is 0 Å². The molecule has 8 N–H and O–H groups in total. The van der Waals surface area contributed by atoms with E-state index >= 15 is 0 Å². The molecule has 0 radical (unpaired) electrons. The van der Waals surface area contributed by atoms with E-state index in [2.05, 4.69) is 0 Å². The zero-order valence-corrected chi connectivity index (χ0v) is 12.0. The SMILES string of the molecule is CC(=O)O.CC(=O)O.CC(=O)O.CC(=O)O.NCCN.[InH3]. The summed E-state index contributed by atoms with van der Waals surface area (Å²) in [5.74, 6) is -3.33. The van der Waals surface area contributed by atoms with Crippen LogP contribution in [0.15, 0.2) is 0 Å². The van der Waals surface area contributed by atoms with E-state index in [4.69, 9.17) is 51.1 Å². The first-order valence-electron chi connectivity index (χ1n) is 5.03. The zero-order chi connectivity index (χ0) is 17.7. The number of carbonyl (C=O) groups is 4. The van der Waals surface area contributed by atoms with E-state index in [1.807, 2.05) is 0 Å². The van der Waals surface area contributed by atoms with Gasteiger partial charge in [-0.2, -0.15) is 0 Å². The van der Waals surface area contributed by atoms with Crippen molar-refractivity contribution in [3.8, 4) is 0 Å². The average Bonchev–Trinajstić information content (AvgIpc) is 2.13. The Bertz CT molecular complexity index is 195. The van der Waals surface area contributed by atoms with Crippen LogP contribution >= 0.6 is 0 Å². The Hall–Kier alpha value is -1.33. The maximum absolute atomic E-state index is 9.00. The van der Waals surface area contributed by atoms with Crippen molar-refractivity contribution in [2.75, 3.05) is 13.1 Å².